The number of hydrogen-bond donors (Lipinski definition) is 0. The Morgan fingerprint density at radius 1 is 1.00 bits per heavy atom. The van der Waals surface area contributed by atoms with Crippen LogP contribution in [0.4, 0.5) is 0 Å². The largest absolute Gasteiger partial charge is 0 e. The molecule has 0 aromatic carbocycles. The number of hydrogen-bond acceptors (Lipinski definition) is 0. The van der Waals surface area contributed by atoms with Crippen molar-refractivity contribution in [3.05, 3.63) is 0 Å². The van der Waals surface area contributed by atoms with Gasteiger partial charge in [0.1, 0.15) is 0 Å². The summed E-state index contributed by atoms with van der Waals surface area (Å²) in [6, 6.07) is 0. The van der Waals surface area contributed by atoms with E-state index in [-0.39, 0.29) is 98.8 Å². The first-order valence-electron chi connectivity index (χ1n) is 0. The summed E-state index contributed by atoms with van der Waals surface area (Å²) in [5.41, 5.74) is 0. The molecule has 0 bridgehead atoms. The first-order valence-corrected chi connectivity index (χ1v) is 0. The molecule has 17 valence electrons. The SMILES string of the molecule is [CaH2].[GaH3].[LiH].[Nb]. The third-order valence-electron chi connectivity index (χ3n) is 0. The fourth-order valence-corrected chi connectivity index (χ4v) is 0. The van der Waals surface area contributed by atoms with Crippen molar-refractivity contribution in [2.45, 2.75) is 0 Å². The van der Waals surface area contributed by atoms with Crippen molar-refractivity contribution >= 4 is 76.4 Å². The molecule has 0 fully saturated rings. The van der Waals surface area contributed by atoms with Crippen molar-refractivity contribution in [3.8, 4) is 0 Å². The predicted molar refractivity (Wildman–Crippen MR) is 25.6 cm³/mol. The molecule has 0 amide bonds. The molecule has 0 aliphatic carbocycles. The number of rotatable bonds is 0. The van der Waals surface area contributed by atoms with E-state index in [2.05, 4.69) is 0 Å². The molecule has 0 aromatic heterocycles. The van der Waals surface area contributed by atoms with Crippen molar-refractivity contribution in [2.75, 3.05) is 0 Å². The molecular formula is H6CaGaLiNb. The molecule has 0 nitrogen and oxygen atoms in total. The quantitative estimate of drug-likeness (QED) is 0.385. The summed E-state index contributed by atoms with van der Waals surface area (Å²) >= 11 is 0. The van der Waals surface area contributed by atoms with Crippen molar-refractivity contribution in [1.82, 2.24) is 0 Å². The summed E-state index contributed by atoms with van der Waals surface area (Å²) < 4.78 is 0. The van der Waals surface area contributed by atoms with Crippen LogP contribution < -0.4 is 0 Å². The normalized spacial score (nSPS) is 0. The zero-order chi connectivity index (χ0) is 0. The van der Waals surface area contributed by atoms with E-state index in [4.69, 9.17) is 0 Å². The minimum absolute atomic E-state index is 0. The molecule has 0 unspecified atom stereocenters. The topological polar surface area (TPSA) is 0 Å². The van der Waals surface area contributed by atoms with Crippen LogP contribution >= 0.6 is 0 Å². The summed E-state index contributed by atoms with van der Waals surface area (Å²) in [6.07, 6.45) is 0. The van der Waals surface area contributed by atoms with E-state index >= 15 is 0 Å². The van der Waals surface area contributed by atoms with Gasteiger partial charge in [0.15, 0.2) is 0 Å². The Balaban J connectivity index is 0. The average molecular weight is 216 g/mol. The molecule has 4 heavy (non-hydrogen) atoms. The molecular weight excluding hydrogens is 210 g/mol. The Kier molecular flexibility index (Phi) is 110. The smallest absolute Gasteiger partial charge is 0 e. The van der Waals surface area contributed by atoms with E-state index in [0.717, 1.165) is 0 Å². The molecule has 0 heterocycles. The van der Waals surface area contributed by atoms with E-state index in [9.17, 15) is 0 Å². The molecule has 0 atom stereocenters. The third kappa shape index (κ3) is 8.97. The monoisotopic (exact) mass is 215 g/mol. The molecule has 0 N–H and O–H groups in total. The molecule has 0 saturated carbocycles. The minimum atomic E-state index is 0. The van der Waals surface area contributed by atoms with E-state index in [1.165, 1.54) is 0 Å². The zero-order valence-corrected chi connectivity index (χ0v) is 2.65. The van der Waals surface area contributed by atoms with Crippen LogP contribution in [0.1, 0.15) is 0 Å². The van der Waals surface area contributed by atoms with Crippen LogP contribution in [-0.4, -0.2) is 76.4 Å². The maximum atomic E-state index is 0. The third-order valence-corrected chi connectivity index (χ3v) is 0. The second kappa shape index (κ2) is 16.3. The second-order valence-corrected chi connectivity index (χ2v) is 0. The second-order valence-electron chi connectivity index (χ2n) is 0. The van der Waals surface area contributed by atoms with Gasteiger partial charge in [-0.2, -0.15) is 0 Å². The Labute approximate surface area is 96.6 Å². The maximum Gasteiger partial charge on any atom is 0 e. The minimum Gasteiger partial charge on any atom is 0 e. The Hall–Kier alpha value is 3.23. The van der Waals surface area contributed by atoms with Crippen molar-refractivity contribution in [2.24, 2.45) is 0 Å². The van der Waals surface area contributed by atoms with E-state index in [1.54, 1.807) is 0 Å². The van der Waals surface area contributed by atoms with Gasteiger partial charge in [-0.05, 0) is 0 Å². The van der Waals surface area contributed by atoms with E-state index in [0.29, 0.717) is 0 Å². The van der Waals surface area contributed by atoms with Crippen molar-refractivity contribution in [3.63, 3.8) is 0 Å². The van der Waals surface area contributed by atoms with Gasteiger partial charge in [-0.3, -0.25) is 0 Å². The van der Waals surface area contributed by atoms with Gasteiger partial charge in [0.25, 0.3) is 0 Å². The molecule has 0 aliphatic heterocycles. The van der Waals surface area contributed by atoms with Gasteiger partial charge in [0.05, 0.1) is 0 Å². The first-order chi connectivity index (χ1) is 0. The fraction of sp³-hybridized carbons (Fsp3) is 0. The van der Waals surface area contributed by atoms with Gasteiger partial charge in [-0.1, -0.05) is 0 Å². The predicted octanol–water partition coefficient (Wildman–Crippen LogP) is -2.75. The van der Waals surface area contributed by atoms with Crippen molar-refractivity contribution in [1.29, 1.82) is 0 Å². The molecule has 4 heteroatoms. The molecule has 0 rings (SSSR count). The average Bonchev–Trinajstić information content (AvgIpc) is 0. The van der Waals surface area contributed by atoms with Crippen LogP contribution in [0.2, 0.25) is 0 Å². The Morgan fingerprint density at radius 2 is 1.00 bits per heavy atom. The van der Waals surface area contributed by atoms with E-state index in [1.807, 2.05) is 0 Å². The Morgan fingerprint density at radius 3 is 1.00 bits per heavy atom. The van der Waals surface area contributed by atoms with Crippen LogP contribution in [-0.2, 0) is 22.4 Å². The summed E-state index contributed by atoms with van der Waals surface area (Å²) in [5, 5.41) is 0. The molecule has 0 aromatic rings. The van der Waals surface area contributed by atoms with Gasteiger partial charge >= 0.3 is 76.4 Å². The zero-order valence-electron chi connectivity index (χ0n) is 0.447. The van der Waals surface area contributed by atoms with Gasteiger partial charge < -0.3 is 0 Å². The molecule has 0 saturated heterocycles. The standard InChI is InChI=1S/Ca.Ga.Li.Nb.6H. The first kappa shape index (κ1) is 26.9. The summed E-state index contributed by atoms with van der Waals surface area (Å²) in [7, 11) is 0. The summed E-state index contributed by atoms with van der Waals surface area (Å²) in [4.78, 5) is 0. The van der Waals surface area contributed by atoms with Crippen LogP contribution in [0.15, 0.2) is 0 Å². The Bertz CT molecular complexity index is 8.00. The summed E-state index contributed by atoms with van der Waals surface area (Å²) in [5.74, 6) is 0. The van der Waals surface area contributed by atoms with Crippen LogP contribution in [0.25, 0.3) is 0 Å². The molecule has 1 radical (unpaired) electrons. The fourth-order valence-electron chi connectivity index (χ4n) is 0. The maximum absolute atomic E-state index is 0. The summed E-state index contributed by atoms with van der Waals surface area (Å²) in [6.45, 7) is 0. The van der Waals surface area contributed by atoms with Crippen LogP contribution in [0.5, 0.6) is 0 Å². The van der Waals surface area contributed by atoms with Crippen molar-refractivity contribution < 1.29 is 22.4 Å². The van der Waals surface area contributed by atoms with Gasteiger partial charge in [-0.15, -0.1) is 0 Å². The van der Waals surface area contributed by atoms with E-state index < -0.39 is 0 Å². The molecule has 0 aliphatic rings. The van der Waals surface area contributed by atoms with Gasteiger partial charge in [0, 0.05) is 22.4 Å². The van der Waals surface area contributed by atoms with Crippen LogP contribution in [0, 0.1) is 0 Å². The van der Waals surface area contributed by atoms with Gasteiger partial charge in [0.2, 0.25) is 0 Å². The van der Waals surface area contributed by atoms with Crippen LogP contribution in [0.3, 0.4) is 0 Å². The van der Waals surface area contributed by atoms with Gasteiger partial charge in [-0.25, -0.2) is 0 Å². The molecule has 0 spiro atoms.